The smallest absolute Gasteiger partial charge is 0.0962 e. The second-order valence-corrected chi connectivity index (χ2v) is 12.8. The fraction of sp³-hybridized carbons (Fsp3) is 0.889. The lowest BCUT2D eigenvalue weighted by molar-refractivity contribution is -0.160. The molecule has 6 heteroatoms. The van der Waals surface area contributed by atoms with E-state index in [4.69, 9.17) is 11.6 Å². The molecule has 33 heavy (non-hydrogen) atoms. The number of fused-ring (bicyclic) bond motifs is 5. The molecule has 6 N–H and O–H groups in total. The van der Waals surface area contributed by atoms with E-state index < -0.39 is 11.7 Å². The summed E-state index contributed by atoms with van der Waals surface area (Å²) in [5.41, 5.74) is 7.56. The number of hydrazine groups is 1. The van der Waals surface area contributed by atoms with E-state index in [2.05, 4.69) is 19.9 Å². The summed E-state index contributed by atoms with van der Waals surface area (Å²) in [6.07, 6.45) is 11.0. The van der Waals surface area contributed by atoms with Crippen LogP contribution in [0.1, 0.15) is 91.9 Å². The number of rotatable bonds is 5. The Hall–Kier alpha value is -1.13. The summed E-state index contributed by atoms with van der Waals surface area (Å²) in [5, 5.41) is 32.7. The molecule has 0 heterocycles. The summed E-state index contributed by atoms with van der Waals surface area (Å²) in [4.78, 5) is 0. The Balaban J connectivity index is 1.52. The average molecular weight is 459 g/mol. The van der Waals surface area contributed by atoms with Crippen molar-refractivity contribution >= 4 is 0 Å². The second kappa shape index (κ2) is 8.52. The molecule has 4 rings (SSSR count). The van der Waals surface area contributed by atoms with Crippen LogP contribution in [0.15, 0.2) is 11.8 Å². The van der Waals surface area contributed by atoms with Crippen LogP contribution in [0.5, 0.6) is 0 Å². The fourth-order valence-electron chi connectivity index (χ4n) is 9.12. The lowest BCUT2D eigenvalue weighted by Gasteiger charge is -2.66. The van der Waals surface area contributed by atoms with Crippen LogP contribution in [0.3, 0.4) is 0 Å². The van der Waals surface area contributed by atoms with Gasteiger partial charge in [-0.25, -0.2) is 5.84 Å². The van der Waals surface area contributed by atoms with E-state index in [9.17, 15) is 15.5 Å². The van der Waals surface area contributed by atoms with Crippen molar-refractivity contribution in [3.05, 3.63) is 11.8 Å². The zero-order chi connectivity index (χ0) is 24.2. The maximum Gasteiger partial charge on any atom is 0.0962 e. The maximum atomic E-state index is 11.3. The summed E-state index contributed by atoms with van der Waals surface area (Å²) < 4.78 is 0. The van der Waals surface area contributed by atoms with E-state index in [1.165, 1.54) is 5.01 Å². The second-order valence-electron chi connectivity index (χ2n) is 12.8. The van der Waals surface area contributed by atoms with Crippen LogP contribution in [0.2, 0.25) is 0 Å². The van der Waals surface area contributed by atoms with Crippen LogP contribution in [0, 0.1) is 45.8 Å². The van der Waals surface area contributed by atoms with Gasteiger partial charge in [-0.05, 0) is 106 Å². The van der Waals surface area contributed by atoms with Gasteiger partial charge in [-0.15, -0.1) is 0 Å². The minimum atomic E-state index is -0.532. The first-order valence-corrected chi connectivity index (χ1v) is 13.2. The minimum absolute atomic E-state index is 0.0153. The van der Waals surface area contributed by atoms with E-state index in [0.29, 0.717) is 36.3 Å². The molecular formula is C27H46N4O2. The number of aliphatic hydroxyl groups is 2. The van der Waals surface area contributed by atoms with E-state index in [1.807, 2.05) is 13.8 Å². The highest BCUT2D eigenvalue weighted by Crippen LogP contribution is 2.69. The molecule has 6 nitrogen and oxygen atoms in total. The molecule has 0 amide bonds. The Morgan fingerprint density at radius 1 is 1.09 bits per heavy atom. The summed E-state index contributed by atoms with van der Waals surface area (Å²) in [5.74, 6) is 7.78. The third-order valence-electron chi connectivity index (χ3n) is 10.9. The predicted molar refractivity (Wildman–Crippen MR) is 130 cm³/mol. The van der Waals surface area contributed by atoms with Gasteiger partial charge in [0.05, 0.1) is 24.3 Å². The molecule has 0 bridgehead atoms. The summed E-state index contributed by atoms with van der Waals surface area (Å²) in [6.45, 7) is 9.11. The number of aliphatic hydroxyl groups excluding tert-OH is 1. The SMILES string of the molecule is CC/C(C#N)=C\N(N)CC(O)[C@H]1CC[C@@H]2C1(C)CC[C@@H]1[C@@]3(C)CC[C@@](C)(O)C[C@@H]3CC[C@@]21N. The van der Waals surface area contributed by atoms with Crippen molar-refractivity contribution in [2.45, 2.75) is 109 Å². The van der Waals surface area contributed by atoms with Crippen molar-refractivity contribution < 1.29 is 10.2 Å². The van der Waals surface area contributed by atoms with E-state index in [1.54, 1.807) is 6.20 Å². The number of nitrogens with zero attached hydrogens (tertiary/aromatic N) is 2. The molecule has 4 saturated carbocycles. The Morgan fingerprint density at radius 3 is 2.45 bits per heavy atom. The molecule has 0 aromatic heterocycles. The van der Waals surface area contributed by atoms with Crippen LogP contribution >= 0.6 is 0 Å². The molecule has 0 spiro atoms. The topological polar surface area (TPSA) is 120 Å². The van der Waals surface area contributed by atoms with Gasteiger partial charge in [0.2, 0.25) is 0 Å². The molecule has 0 aromatic rings. The Morgan fingerprint density at radius 2 is 1.79 bits per heavy atom. The standard InChI is InChI=1S/C27H46N4O2/c1-5-18(15-28)16-31(30)17-21(32)20-6-7-22-26(20,4)10-9-23-25(3)13-12-24(2,33)14-19(25)8-11-27(22,23)29/h16,19-23,32-33H,5-14,17,29-30H2,1-4H3/b18-16+/t19-,20+,21?,22+,23+,24+,25-,26?,27+/m0/s1. The highest BCUT2D eigenvalue weighted by molar-refractivity contribution is 5.20. The zero-order valence-corrected chi connectivity index (χ0v) is 21.2. The van der Waals surface area contributed by atoms with Crippen LogP contribution in [0.25, 0.3) is 0 Å². The Bertz CT molecular complexity index is 821. The molecule has 2 unspecified atom stereocenters. The monoisotopic (exact) mass is 458 g/mol. The molecular weight excluding hydrogens is 412 g/mol. The third kappa shape index (κ3) is 4.03. The van der Waals surface area contributed by atoms with Crippen LogP contribution in [-0.4, -0.2) is 39.0 Å². The fourth-order valence-corrected chi connectivity index (χ4v) is 9.12. The first kappa shape index (κ1) is 25.0. The Kier molecular flexibility index (Phi) is 6.45. The van der Waals surface area contributed by atoms with Gasteiger partial charge in [0.25, 0.3) is 0 Å². The van der Waals surface area contributed by atoms with Crippen LogP contribution < -0.4 is 11.6 Å². The molecule has 0 saturated heterocycles. The van der Waals surface area contributed by atoms with Gasteiger partial charge in [-0.2, -0.15) is 5.26 Å². The van der Waals surface area contributed by atoms with Gasteiger partial charge in [0.1, 0.15) is 0 Å². The third-order valence-corrected chi connectivity index (χ3v) is 10.9. The molecule has 4 fully saturated rings. The van der Waals surface area contributed by atoms with Crippen LogP contribution in [-0.2, 0) is 0 Å². The van der Waals surface area contributed by atoms with Crippen molar-refractivity contribution in [1.29, 1.82) is 5.26 Å². The quantitative estimate of drug-likeness (QED) is 0.282. The first-order valence-electron chi connectivity index (χ1n) is 13.2. The van der Waals surface area contributed by atoms with Crippen LogP contribution in [0.4, 0.5) is 0 Å². The molecule has 0 aromatic carbocycles. The van der Waals surface area contributed by atoms with Crippen molar-refractivity contribution in [1.82, 2.24) is 5.01 Å². The predicted octanol–water partition coefficient (Wildman–Crippen LogP) is 3.83. The van der Waals surface area contributed by atoms with Gasteiger partial charge >= 0.3 is 0 Å². The van der Waals surface area contributed by atoms with E-state index in [0.717, 1.165) is 57.8 Å². The number of hydrogen-bond donors (Lipinski definition) is 4. The molecule has 186 valence electrons. The minimum Gasteiger partial charge on any atom is -0.391 e. The summed E-state index contributed by atoms with van der Waals surface area (Å²) in [6, 6.07) is 2.17. The average Bonchev–Trinajstić information content (AvgIpc) is 3.11. The van der Waals surface area contributed by atoms with E-state index >= 15 is 0 Å². The molecule has 0 aliphatic heterocycles. The first-order chi connectivity index (χ1) is 15.4. The maximum absolute atomic E-state index is 11.3. The zero-order valence-electron chi connectivity index (χ0n) is 21.2. The normalized spacial score (nSPS) is 48.3. The van der Waals surface area contributed by atoms with Gasteiger partial charge in [0.15, 0.2) is 0 Å². The molecule has 4 aliphatic rings. The highest BCUT2D eigenvalue weighted by atomic mass is 16.3. The lowest BCUT2D eigenvalue weighted by atomic mass is 9.41. The van der Waals surface area contributed by atoms with Crippen molar-refractivity contribution in [3.8, 4) is 6.07 Å². The highest BCUT2D eigenvalue weighted by Gasteiger charge is 2.66. The molecule has 9 atom stereocenters. The number of allylic oxidation sites excluding steroid dienone is 1. The van der Waals surface area contributed by atoms with Crippen molar-refractivity contribution in [3.63, 3.8) is 0 Å². The molecule has 0 radical (unpaired) electrons. The summed E-state index contributed by atoms with van der Waals surface area (Å²) >= 11 is 0. The van der Waals surface area contributed by atoms with Gasteiger partial charge in [-0.3, -0.25) is 0 Å². The number of hydrogen-bond acceptors (Lipinski definition) is 6. The van der Waals surface area contributed by atoms with Gasteiger partial charge in [-0.1, -0.05) is 20.8 Å². The lowest BCUT2D eigenvalue weighted by Crippen LogP contribution is -2.69. The van der Waals surface area contributed by atoms with E-state index in [-0.39, 0.29) is 22.3 Å². The van der Waals surface area contributed by atoms with Crippen molar-refractivity contribution in [2.75, 3.05) is 6.54 Å². The Labute approximate surface area is 200 Å². The number of nitriles is 1. The largest absolute Gasteiger partial charge is 0.391 e. The number of nitrogens with two attached hydrogens (primary N) is 2. The molecule has 4 aliphatic carbocycles. The van der Waals surface area contributed by atoms with Gasteiger partial charge in [0, 0.05) is 17.3 Å². The van der Waals surface area contributed by atoms with Crippen molar-refractivity contribution in [2.24, 2.45) is 46.1 Å². The summed E-state index contributed by atoms with van der Waals surface area (Å²) in [7, 11) is 0. The van der Waals surface area contributed by atoms with Gasteiger partial charge < -0.3 is 21.0 Å².